The first kappa shape index (κ1) is 24.6. The minimum Gasteiger partial charge on any atom is -0.493 e. The van der Waals surface area contributed by atoms with Crippen LogP contribution in [-0.2, 0) is 11.2 Å². The second kappa shape index (κ2) is 10.5. The van der Waals surface area contributed by atoms with Crippen LogP contribution in [0, 0.1) is 5.92 Å². The van der Waals surface area contributed by atoms with E-state index >= 15 is 0 Å². The Morgan fingerprint density at radius 2 is 1.75 bits per heavy atom. The summed E-state index contributed by atoms with van der Waals surface area (Å²) in [6.07, 6.45) is 4.20. The maximum absolute atomic E-state index is 13.8. The molecule has 0 bridgehead atoms. The highest BCUT2D eigenvalue weighted by Gasteiger charge is 2.46. The molecule has 0 radical (unpaired) electrons. The zero-order valence-electron chi connectivity index (χ0n) is 21.6. The van der Waals surface area contributed by atoms with E-state index in [0.29, 0.717) is 35.7 Å². The number of methoxy groups -OCH3 is 2. The smallest absolute Gasteiger partial charge is 0.254 e. The maximum atomic E-state index is 13.8. The molecular weight excluding hydrogens is 454 g/mol. The summed E-state index contributed by atoms with van der Waals surface area (Å²) in [7, 11) is 3.14. The molecule has 2 aromatic rings. The number of benzene rings is 2. The number of hydrogen-bond donors (Lipinski definition) is 1. The highest BCUT2D eigenvalue weighted by molar-refractivity contribution is 6.02. The van der Waals surface area contributed by atoms with Gasteiger partial charge in [-0.15, -0.1) is 0 Å². The van der Waals surface area contributed by atoms with E-state index in [-0.39, 0.29) is 17.9 Å². The van der Waals surface area contributed by atoms with Crippen molar-refractivity contribution in [2.24, 2.45) is 5.92 Å². The molecule has 1 saturated heterocycles. The van der Waals surface area contributed by atoms with Crippen LogP contribution in [0.1, 0.15) is 65.2 Å². The number of carbonyl (C=O) groups excluding carboxylic acids is 2. The van der Waals surface area contributed by atoms with Crippen LogP contribution in [0.2, 0.25) is 0 Å². The van der Waals surface area contributed by atoms with Gasteiger partial charge in [-0.25, -0.2) is 0 Å². The Morgan fingerprint density at radius 3 is 2.50 bits per heavy atom. The number of hydrogen-bond acceptors (Lipinski definition) is 5. The van der Waals surface area contributed by atoms with Crippen LogP contribution in [-0.4, -0.2) is 68.6 Å². The molecule has 7 heteroatoms. The summed E-state index contributed by atoms with van der Waals surface area (Å²) in [6.45, 7) is 6.81. The van der Waals surface area contributed by atoms with Gasteiger partial charge in [0.15, 0.2) is 11.5 Å². The summed E-state index contributed by atoms with van der Waals surface area (Å²) < 4.78 is 11.0. The van der Waals surface area contributed by atoms with Crippen molar-refractivity contribution in [2.75, 3.05) is 46.9 Å². The third-order valence-electron chi connectivity index (χ3n) is 8.14. The second-order valence-electron chi connectivity index (χ2n) is 10.3. The molecule has 2 aromatic carbocycles. The highest BCUT2D eigenvalue weighted by Crippen LogP contribution is 2.48. The maximum Gasteiger partial charge on any atom is 0.254 e. The Kier molecular flexibility index (Phi) is 7.19. The molecule has 0 aliphatic carbocycles. The second-order valence-corrected chi connectivity index (χ2v) is 10.3. The number of likely N-dealkylation sites (tertiary alicyclic amines) is 1. The van der Waals surface area contributed by atoms with E-state index in [1.54, 1.807) is 20.3 Å². The topological polar surface area (TPSA) is 71.1 Å². The van der Waals surface area contributed by atoms with Crippen molar-refractivity contribution >= 4 is 11.8 Å². The van der Waals surface area contributed by atoms with E-state index in [1.165, 1.54) is 18.4 Å². The van der Waals surface area contributed by atoms with Gasteiger partial charge in [0.25, 0.3) is 5.91 Å². The summed E-state index contributed by atoms with van der Waals surface area (Å²) in [5.74, 6) is 1.21. The Morgan fingerprint density at radius 1 is 1.03 bits per heavy atom. The molecule has 1 N–H and O–H groups in total. The summed E-state index contributed by atoms with van der Waals surface area (Å²) in [5, 5.41) is 3.21. The Balaban J connectivity index is 1.42. The zero-order chi connectivity index (χ0) is 25.2. The fraction of sp³-hybridized carbons (Fsp3) is 0.517. The van der Waals surface area contributed by atoms with E-state index in [9.17, 15) is 9.59 Å². The first-order valence-corrected chi connectivity index (χ1v) is 13.2. The number of nitrogens with one attached hydrogen (secondary N) is 1. The monoisotopic (exact) mass is 491 g/mol. The molecule has 36 heavy (non-hydrogen) atoms. The molecule has 2 amide bonds. The van der Waals surface area contributed by atoms with Gasteiger partial charge in [-0.1, -0.05) is 31.2 Å². The van der Waals surface area contributed by atoms with Crippen molar-refractivity contribution in [2.45, 2.75) is 44.6 Å². The average Bonchev–Trinajstić information content (AvgIpc) is 2.91. The SMILES string of the molecule is COc1cc2c(cc1OC)C(C(=O)NCCCN1CCC(C)CC1)C1c3ccccc3CCN1C2=O. The lowest BCUT2D eigenvalue weighted by Crippen LogP contribution is -2.50. The molecule has 3 aliphatic rings. The quantitative estimate of drug-likeness (QED) is 0.597. The molecule has 1 fully saturated rings. The minimum absolute atomic E-state index is 0.0464. The van der Waals surface area contributed by atoms with E-state index in [2.05, 4.69) is 29.3 Å². The van der Waals surface area contributed by atoms with Gasteiger partial charge in [0.1, 0.15) is 0 Å². The highest BCUT2D eigenvalue weighted by atomic mass is 16.5. The number of ether oxygens (including phenoxy) is 2. The van der Waals surface area contributed by atoms with E-state index in [0.717, 1.165) is 44.0 Å². The molecule has 192 valence electrons. The fourth-order valence-electron chi connectivity index (χ4n) is 6.04. The van der Waals surface area contributed by atoms with Crippen molar-refractivity contribution < 1.29 is 19.1 Å². The van der Waals surface area contributed by atoms with E-state index in [1.807, 2.05) is 23.1 Å². The van der Waals surface area contributed by atoms with Gasteiger partial charge in [-0.05, 0) is 80.1 Å². The number of nitrogens with zero attached hydrogens (tertiary/aromatic N) is 2. The summed E-state index contributed by atoms with van der Waals surface area (Å²) in [6, 6.07) is 11.4. The van der Waals surface area contributed by atoms with E-state index < -0.39 is 5.92 Å². The number of piperidine rings is 1. The van der Waals surface area contributed by atoms with Gasteiger partial charge in [0, 0.05) is 18.7 Å². The van der Waals surface area contributed by atoms with Gasteiger partial charge in [0.2, 0.25) is 5.91 Å². The molecule has 2 atom stereocenters. The molecule has 0 spiro atoms. The minimum atomic E-state index is -0.519. The number of carbonyl (C=O) groups is 2. The van der Waals surface area contributed by atoms with Crippen molar-refractivity contribution in [3.63, 3.8) is 0 Å². The van der Waals surface area contributed by atoms with E-state index in [4.69, 9.17) is 9.47 Å². The van der Waals surface area contributed by atoms with Crippen molar-refractivity contribution in [3.05, 3.63) is 58.7 Å². The summed E-state index contributed by atoms with van der Waals surface area (Å²) in [4.78, 5) is 31.9. The van der Waals surface area contributed by atoms with Crippen molar-refractivity contribution in [3.8, 4) is 11.5 Å². The predicted octanol–water partition coefficient (Wildman–Crippen LogP) is 3.78. The van der Waals surface area contributed by atoms with Crippen LogP contribution >= 0.6 is 0 Å². The molecule has 0 saturated carbocycles. The molecule has 3 aliphatic heterocycles. The molecule has 3 heterocycles. The van der Waals surface area contributed by atoms with Gasteiger partial charge in [0.05, 0.1) is 26.2 Å². The Bertz CT molecular complexity index is 1130. The summed E-state index contributed by atoms with van der Waals surface area (Å²) >= 11 is 0. The Labute approximate surface area is 213 Å². The lowest BCUT2D eigenvalue weighted by molar-refractivity contribution is -0.124. The van der Waals surface area contributed by atoms with Gasteiger partial charge in [-0.3, -0.25) is 9.59 Å². The molecule has 5 rings (SSSR count). The number of amides is 2. The fourth-order valence-corrected chi connectivity index (χ4v) is 6.04. The Hall–Kier alpha value is -3.06. The first-order valence-electron chi connectivity index (χ1n) is 13.2. The van der Waals surface area contributed by atoms with Gasteiger partial charge >= 0.3 is 0 Å². The number of rotatable bonds is 7. The average molecular weight is 492 g/mol. The van der Waals surface area contributed by atoms with Crippen LogP contribution in [0.4, 0.5) is 0 Å². The third-order valence-corrected chi connectivity index (χ3v) is 8.14. The van der Waals surface area contributed by atoms with Crippen molar-refractivity contribution in [1.29, 1.82) is 0 Å². The zero-order valence-corrected chi connectivity index (χ0v) is 21.6. The van der Waals surface area contributed by atoms with Gasteiger partial charge in [-0.2, -0.15) is 0 Å². The lowest BCUT2D eigenvalue weighted by Gasteiger charge is -2.45. The molecule has 0 aromatic heterocycles. The largest absolute Gasteiger partial charge is 0.493 e. The molecule has 7 nitrogen and oxygen atoms in total. The van der Waals surface area contributed by atoms with Gasteiger partial charge < -0.3 is 24.6 Å². The predicted molar refractivity (Wildman–Crippen MR) is 139 cm³/mol. The number of fused-ring (bicyclic) bond motifs is 4. The molecular formula is C29H37N3O4. The lowest BCUT2D eigenvalue weighted by atomic mass is 9.75. The molecule has 2 unspecified atom stereocenters. The van der Waals surface area contributed by atoms with Crippen LogP contribution in [0.5, 0.6) is 11.5 Å². The van der Waals surface area contributed by atoms with Crippen molar-refractivity contribution in [1.82, 2.24) is 15.1 Å². The first-order chi connectivity index (χ1) is 17.5. The van der Waals surface area contributed by atoms with Crippen LogP contribution in [0.15, 0.2) is 36.4 Å². The third kappa shape index (κ3) is 4.57. The normalized spacial score (nSPS) is 21.9. The van der Waals surface area contributed by atoms with Crippen LogP contribution in [0.25, 0.3) is 0 Å². The summed E-state index contributed by atoms with van der Waals surface area (Å²) in [5.41, 5.74) is 3.48. The van der Waals surface area contributed by atoms with Crippen LogP contribution in [0.3, 0.4) is 0 Å². The van der Waals surface area contributed by atoms with Crippen LogP contribution < -0.4 is 14.8 Å². The standard InChI is InChI=1S/C29H37N3O4/c1-19-9-14-31(15-10-19)13-6-12-30-28(33)26-22-17-24(35-2)25(36-3)18-23(22)29(34)32-16-11-20-7-4-5-8-21(20)27(26)32/h4-5,7-8,17-19,26-27H,6,9-16H2,1-3H3,(H,30,33).